The van der Waals surface area contributed by atoms with Crippen LogP contribution < -0.4 is 16.4 Å². The number of halogens is 2. The summed E-state index contributed by atoms with van der Waals surface area (Å²) in [4.78, 5) is 11.6. The van der Waals surface area contributed by atoms with Crippen molar-refractivity contribution in [3.05, 3.63) is 54.1 Å². The van der Waals surface area contributed by atoms with Crippen LogP contribution in [-0.2, 0) is 4.79 Å². The molecule has 1 amide bonds. The maximum atomic E-state index is 13.6. The van der Waals surface area contributed by atoms with Gasteiger partial charge in [-0.05, 0) is 37.3 Å². The molecule has 2 aromatic carbocycles. The molecule has 0 radical (unpaired) electrons. The van der Waals surface area contributed by atoms with E-state index in [1.807, 2.05) is 0 Å². The second kappa shape index (κ2) is 6.32. The molecule has 4 N–H and O–H groups in total. The Hall–Kier alpha value is -2.47. The molecular weight excluding hydrogens is 276 g/mol. The second-order valence-electron chi connectivity index (χ2n) is 4.57. The number of para-hydroxylation sites is 1. The minimum atomic E-state index is -0.712. The van der Waals surface area contributed by atoms with E-state index in [0.29, 0.717) is 5.69 Å². The summed E-state index contributed by atoms with van der Waals surface area (Å²) < 4.78 is 27.0. The molecule has 0 unspecified atom stereocenters. The van der Waals surface area contributed by atoms with Gasteiger partial charge in [-0.25, -0.2) is 8.78 Å². The lowest BCUT2D eigenvalue weighted by Gasteiger charge is -2.15. The molecule has 0 aliphatic rings. The van der Waals surface area contributed by atoms with Gasteiger partial charge in [-0.3, -0.25) is 4.79 Å². The van der Waals surface area contributed by atoms with Crippen molar-refractivity contribution in [1.29, 1.82) is 0 Å². The summed E-state index contributed by atoms with van der Waals surface area (Å²) >= 11 is 0. The first-order valence-electron chi connectivity index (χ1n) is 6.35. The molecule has 110 valence electrons. The Balaban J connectivity index is 2.31. The number of hydrogen-bond acceptors (Lipinski definition) is 3. The summed E-state index contributed by atoms with van der Waals surface area (Å²) in [6, 6.07) is 9.02. The molecule has 21 heavy (non-hydrogen) atoms. The summed E-state index contributed by atoms with van der Waals surface area (Å²) in [5.41, 5.74) is 6.22. The molecule has 0 aromatic heterocycles. The molecule has 0 saturated heterocycles. The fraction of sp³-hybridized carbons (Fsp3) is 0.133. The van der Waals surface area contributed by atoms with Gasteiger partial charge in [-0.15, -0.1) is 0 Å². The summed E-state index contributed by atoms with van der Waals surface area (Å²) in [5, 5.41) is 5.32. The predicted octanol–water partition coefficient (Wildman–Crippen LogP) is 2.99. The van der Waals surface area contributed by atoms with Gasteiger partial charge < -0.3 is 16.4 Å². The molecule has 2 aromatic rings. The van der Waals surface area contributed by atoms with Crippen LogP contribution in [0.3, 0.4) is 0 Å². The molecule has 2 rings (SSSR count). The van der Waals surface area contributed by atoms with Crippen molar-refractivity contribution < 1.29 is 13.6 Å². The van der Waals surface area contributed by atoms with E-state index in [1.54, 1.807) is 12.1 Å². The summed E-state index contributed by atoms with van der Waals surface area (Å²) in [6.45, 7) is 1.53. The first kappa shape index (κ1) is 14.9. The Morgan fingerprint density at radius 1 is 1.10 bits per heavy atom. The molecule has 0 saturated carbocycles. The van der Waals surface area contributed by atoms with Crippen molar-refractivity contribution in [2.75, 3.05) is 10.6 Å². The Bertz CT molecular complexity index is 659. The van der Waals surface area contributed by atoms with E-state index >= 15 is 0 Å². The highest BCUT2D eigenvalue weighted by Crippen LogP contribution is 2.27. The highest BCUT2D eigenvalue weighted by atomic mass is 19.1. The van der Waals surface area contributed by atoms with Crippen molar-refractivity contribution in [2.45, 2.75) is 13.0 Å². The standard InChI is InChI=1S/C15H15F2N3O/c1-9(18)15(21)20-13-7-6-10(16)8-14(13)19-12-5-3-2-4-11(12)17/h2-9,19H,18H2,1H3,(H,20,21)/t9-/m0/s1. The third-order valence-electron chi connectivity index (χ3n) is 2.80. The monoisotopic (exact) mass is 291 g/mol. The zero-order valence-electron chi connectivity index (χ0n) is 11.4. The quantitative estimate of drug-likeness (QED) is 0.811. The summed E-state index contributed by atoms with van der Waals surface area (Å²) in [5.74, 6) is -1.41. The van der Waals surface area contributed by atoms with E-state index in [0.717, 1.165) is 0 Å². The Kier molecular flexibility index (Phi) is 4.49. The molecule has 0 spiro atoms. The lowest BCUT2D eigenvalue weighted by molar-refractivity contribution is -0.117. The van der Waals surface area contributed by atoms with Gasteiger partial charge in [0.1, 0.15) is 11.6 Å². The number of nitrogens with one attached hydrogen (secondary N) is 2. The molecule has 4 nitrogen and oxygen atoms in total. The molecule has 0 heterocycles. The fourth-order valence-corrected chi connectivity index (χ4v) is 1.68. The van der Waals surface area contributed by atoms with Crippen LogP contribution in [0.15, 0.2) is 42.5 Å². The van der Waals surface area contributed by atoms with Crippen LogP contribution in [0.2, 0.25) is 0 Å². The van der Waals surface area contributed by atoms with Gasteiger partial charge in [0.2, 0.25) is 5.91 Å². The van der Waals surface area contributed by atoms with E-state index in [1.165, 1.54) is 37.3 Å². The normalized spacial score (nSPS) is 11.8. The number of carbonyl (C=O) groups excluding carboxylic acids is 1. The number of carbonyl (C=O) groups is 1. The second-order valence-corrected chi connectivity index (χ2v) is 4.57. The number of benzene rings is 2. The van der Waals surface area contributed by atoms with Gasteiger partial charge >= 0.3 is 0 Å². The van der Waals surface area contributed by atoms with E-state index in [4.69, 9.17) is 5.73 Å². The number of anilines is 3. The van der Waals surface area contributed by atoms with E-state index in [2.05, 4.69) is 10.6 Å². The van der Waals surface area contributed by atoms with Crippen LogP contribution in [0.4, 0.5) is 25.8 Å². The number of hydrogen-bond donors (Lipinski definition) is 3. The highest BCUT2D eigenvalue weighted by molar-refractivity contribution is 5.97. The van der Waals surface area contributed by atoms with Crippen molar-refractivity contribution in [2.24, 2.45) is 5.73 Å². The fourth-order valence-electron chi connectivity index (χ4n) is 1.68. The molecule has 0 aliphatic heterocycles. The first-order valence-corrected chi connectivity index (χ1v) is 6.35. The molecule has 0 bridgehead atoms. The number of rotatable bonds is 4. The number of amides is 1. The molecule has 0 aliphatic carbocycles. The summed E-state index contributed by atoms with van der Waals surface area (Å²) in [6.07, 6.45) is 0. The van der Waals surface area contributed by atoms with Crippen molar-refractivity contribution in [3.63, 3.8) is 0 Å². The van der Waals surface area contributed by atoms with Crippen LogP contribution >= 0.6 is 0 Å². The topological polar surface area (TPSA) is 67.2 Å². The Labute approximate surface area is 121 Å². The van der Waals surface area contributed by atoms with E-state index < -0.39 is 23.6 Å². The lowest BCUT2D eigenvalue weighted by atomic mass is 10.2. The zero-order chi connectivity index (χ0) is 15.4. The van der Waals surface area contributed by atoms with Crippen molar-refractivity contribution >= 4 is 23.0 Å². The average molecular weight is 291 g/mol. The smallest absolute Gasteiger partial charge is 0.241 e. The van der Waals surface area contributed by atoms with E-state index in [9.17, 15) is 13.6 Å². The van der Waals surface area contributed by atoms with Crippen molar-refractivity contribution in [3.8, 4) is 0 Å². The Morgan fingerprint density at radius 3 is 2.48 bits per heavy atom. The van der Waals surface area contributed by atoms with Crippen molar-refractivity contribution in [1.82, 2.24) is 0 Å². The zero-order valence-corrected chi connectivity index (χ0v) is 11.4. The summed E-state index contributed by atoms with van der Waals surface area (Å²) in [7, 11) is 0. The molecular formula is C15H15F2N3O. The first-order chi connectivity index (χ1) is 9.97. The van der Waals surface area contributed by atoms with Gasteiger partial charge in [0.15, 0.2) is 0 Å². The van der Waals surface area contributed by atoms with Crippen LogP contribution in [0, 0.1) is 11.6 Å². The maximum absolute atomic E-state index is 13.6. The average Bonchev–Trinajstić information content (AvgIpc) is 2.44. The molecule has 1 atom stereocenters. The van der Waals surface area contributed by atoms with Crippen LogP contribution in [0.5, 0.6) is 0 Å². The van der Waals surface area contributed by atoms with Crippen LogP contribution in [-0.4, -0.2) is 11.9 Å². The number of nitrogens with two attached hydrogens (primary N) is 1. The highest BCUT2D eigenvalue weighted by Gasteiger charge is 2.12. The molecule has 0 fully saturated rings. The lowest BCUT2D eigenvalue weighted by Crippen LogP contribution is -2.32. The SMILES string of the molecule is C[C@H](N)C(=O)Nc1ccc(F)cc1Nc1ccccc1F. The van der Waals surface area contributed by atoms with Gasteiger partial charge in [0.05, 0.1) is 23.1 Å². The van der Waals surface area contributed by atoms with Gasteiger partial charge in [-0.1, -0.05) is 12.1 Å². The Morgan fingerprint density at radius 2 is 1.81 bits per heavy atom. The maximum Gasteiger partial charge on any atom is 0.241 e. The van der Waals surface area contributed by atoms with E-state index in [-0.39, 0.29) is 11.4 Å². The third-order valence-corrected chi connectivity index (χ3v) is 2.80. The van der Waals surface area contributed by atoms with Crippen LogP contribution in [0.1, 0.15) is 6.92 Å². The third kappa shape index (κ3) is 3.76. The van der Waals surface area contributed by atoms with Gasteiger partial charge in [0.25, 0.3) is 0 Å². The van der Waals surface area contributed by atoms with Gasteiger partial charge in [-0.2, -0.15) is 0 Å². The predicted molar refractivity (Wildman–Crippen MR) is 78.4 cm³/mol. The minimum absolute atomic E-state index is 0.180. The van der Waals surface area contributed by atoms with Crippen LogP contribution in [0.25, 0.3) is 0 Å². The van der Waals surface area contributed by atoms with Gasteiger partial charge in [0, 0.05) is 0 Å². The molecule has 6 heteroatoms. The minimum Gasteiger partial charge on any atom is -0.351 e. The largest absolute Gasteiger partial charge is 0.351 e.